The number of esters is 1. The zero-order valence-electron chi connectivity index (χ0n) is 22.7. The summed E-state index contributed by atoms with van der Waals surface area (Å²) >= 11 is 5.99. The number of rotatable bonds is 9. The average Bonchev–Trinajstić information content (AvgIpc) is 2.87. The Morgan fingerprint density at radius 3 is 2.26 bits per heavy atom. The van der Waals surface area contributed by atoms with Gasteiger partial charge in [0.25, 0.3) is 0 Å². The maximum Gasteiger partial charge on any atom is 0.397 e. The number of phenols is 1. The third-order valence-corrected chi connectivity index (χ3v) is 6.42. The number of phenolic OH excluding ortho intramolecular Hbond substituents is 1. The number of benzene rings is 3. The quantitative estimate of drug-likeness (QED) is 0.251. The lowest BCUT2D eigenvalue weighted by atomic mass is 10.0. The van der Waals surface area contributed by atoms with Crippen molar-refractivity contribution in [1.29, 1.82) is 0 Å². The van der Waals surface area contributed by atoms with Crippen LogP contribution in [0.25, 0.3) is 0 Å². The summed E-state index contributed by atoms with van der Waals surface area (Å²) in [6, 6.07) is 15.6. The van der Waals surface area contributed by atoms with Gasteiger partial charge in [0, 0.05) is 35.8 Å². The highest BCUT2D eigenvalue weighted by molar-refractivity contribution is 6.37. The van der Waals surface area contributed by atoms with Gasteiger partial charge in [-0.3, -0.25) is 9.59 Å². The van der Waals surface area contributed by atoms with E-state index in [1.54, 1.807) is 36.1 Å². The van der Waals surface area contributed by atoms with Crippen molar-refractivity contribution in [3.8, 4) is 17.2 Å². The molecule has 0 saturated heterocycles. The minimum atomic E-state index is -0.952. The van der Waals surface area contributed by atoms with Crippen LogP contribution in [0.5, 0.6) is 17.2 Å². The Labute approximate surface area is 233 Å². The van der Waals surface area contributed by atoms with Crippen LogP contribution < -0.4 is 10.1 Å². The molecule has 3 aromatic carbocycles. The van der Waals surface area contributed by atoms with Crippen molar-refractivity contribution in [2.24, 2.45) is 0 Å². The summed E-state index contributed by atoms with van der Waals surface area (Å²) in [7, 11) is 0. The van der Waals surface area contributed by atoms with Crippen molar-refractivity contribution in [1.82, 2.24) is 4.90 Å². The third kappa shape index (κ3) is 7.97. The standard InChI is InChI=1S/C30H33ClN2O6/c1-6-38-30(37)29(36)32-25-13-18(2)28(19(3)14-25)39-26-11-12-27(35)23(16-26)17-33(21(5)34)20(4)15-22-7-9-24(31)10-8-22/h7-14,16,20,35H,6,15,17H2,1-5H3,(H,32,36). The lowest BCUT2D eigenvalue weighted by molar-refractivity contribution is -0.152. The molecule has 2 amide bonds. The van der Waals surface area contributed by atoms with Crippen molar-refractivity contribution in [3.63, 3.8) is 0 Å². The Bertz CT molecular complexity index is 1330. The number of nitrogens with one attached hydrogen (secondary N) is 1. The summed E-state index contributed by atoms with van der Waals surface area (Å²) in [6.45, 7) is 9.04. The van der Waals surface area contributed by atoms with Crippen LogP contribution in [-0.2, 0) is 32.1 Å². The summed E-state index contributed by atoms with van der Waals surface area (Å²) in [5.41, 5.74) is 3.48. The number of hydrogen-bond donors (Lipinski definition) is 2. The van der Waals surface area contributed by atoms with Crippen LogP contribution in [0.2, 0.25) is 5.02 Å². The zero-order chi connectivity index (χ0) is 28.7. The first-order valence-corrected chi connectivity index (χ1v) is 13.0. The fourth-order valence-electron chi connectivity index (χ4n) is 4.26. The van der Waals surface area contributed by atoms with Crippen LogP contribution in [0.15, 0.2) is 54.6 Å². The topological polar surface area (TPSA) is 105 Å². The van der Waals surface area contributed by atoms with Gasteiger partial charge in [-0.15, -0.1) is 0 Å². The number of carbonyl (C=O) groups is 3. The SMILES string of the molecule is CCOC(=O)C(=O)Nc1cc(C)c(Oc2ccc(O)c(CN(C(C)=O)C(C)Cc3ccc(Cl)cc3)c2)c(C)c1. The summed E-state index contributed by atoms with van der Waals surface area (Å²) in [4.78, 5) is 37.9. The number of aromatic hydroxyl groups is 1. The van der Waals surface area contributed by atoms with Gasteiger partial charge in [-0.05, 0) is 93.3 Å². The number of carbonyl (C=O) groups excluding carboxylic acids is 3. The average molecular weight is 553 g/mol. The molecule has 0 spiro atoms. The number of halogens is 1. The summed E-state index contributed by atoms with van der Waals surface area (Å²) in [6.07, 6.45) is 0.630. The predicted molar refractivity (Wildman–Crippen MR) is 150 cm³/mol. The van der Waals surface area contributed by atoms with Gasteiger partial charge in [-0.1, -0.05) is 23.7 Å². The molecule has 1 unspecified atom stereocenters. The van der Waals surface area contributed by atoms with E-state index in [9.17, 15) is 19.5 Å². The van der Waals surface area contributed by atoms with Gasteiger partial charge in [0.2, 0.25) is 5.91 Å². The van der Waals surface area contributed by atoms with E-state index in [1.165, 1.54) is 13.0 Å². The van der Waals surface area contributed by atoms with Gasteiger partial charge in [-0.25, -0.2) is 4.79 Å². The molecule has 2 N–H and O–H groups in total. The molecule has 0 aromatic heterocycles. The minimum absolute atomic E-state index is 0.0535. The van der Waals surface area contributed by atoms with E-state index in [-0.39, 0.29) is 30.9 Å². The van der Waals surface area contributed by atoms with Gasteiger partial charge < -0.3 is 24.8 Å². The Balaban J connectivity index is 1.77. The predicted octanol–water partition coefficient (Wildman–Crippen LogP) is 5.94. The molecule has 0 saturated carbocycles. The first kappa shape index (κ1) is 29.5. The molecule has 39 heavy (non-hydrogen) atoms. The highest BCUT2D eigenvalue weighted by Crippen LogP contribution is 2.34. The molecule has 0 fully saturated rings. The summed E-state index contributed by atoms with van der Waals surface area (Å²) < 4.78 is 10.9. The van der Waals surface area contributed by atoms with Crippen molar-refractivity contribution in [2.75, 3.05) is 11.9 Å². The number of anilines is 1. The number of amides is 2. The van der Waals surface area contributed by atoms with Crippen LogP contribution in [0.3, 0.4) is 0 Å². The smallest absolute Gasteiger partial charge is 0.397 e. The molecular formula is C30H33ClN2O6. The molecule has 0 bridgehead atoms. The molecule has 1 atom stereocenters. The maximum absolute atomic E-state index is 12.5. The van der Waals surface area contributed by atoms with E-state index >= 15 is 0 Å². The van der Waals surface area contributed by atoms with Gasteiger partial charge in [0.1, 0.15) is 17.2 Å². The van der Waals surface area contributed by atoms with Gasteiger partial charge >= 0.3 is 11.9 Å². The van der Waals surface area contributed by atoms with Crippen LogP contribution in [0.1, 0.15) is 43.0 Å². The molecule has 8 nitrogen and oxygen atoms in total. The van der Waals surface area contributed by atoms with Crippen molar-refractivity contribution in [3.05, 3.63) is 81.9 Å². The molecule has 0 aliphatic rings. The second-order valence-electron chi connectivity index (χ2n) is 9.33. The molecule has 0 heterocycles. The van der Waals surface area contributed by atoms with Crippen molar-refractivity contribution >= 4 is 35.1 Å². The molecule has 0 aliphatic heterocycles. The van der Waals surface area contributed by atoms with Gasteiger partial charge in [0.15, 0.2) is 0 Å². The Morgan fingerprint density at radius 1 is 1.03 bits per heavy atom. The molecule has 0 aliphatic carbocycles. The van der Waals surface area contributed by atoms with Crippen molar-refractivity contribution < 1.29 is 29.0 Å². The van der Waals surface area contributed by atoms with Crippen molar-refractivity contribution in [2.45, 2.75) is 53.6 Å². The van der Waals surface area contributed by atoms with Crippen LogP contribution >= 0.6 is 11.6 Å². The largest absolute Gasteiger partial charge is 0.508 e. The first-order valence-electron chi connectivity index (χ1n) is 12.6. The van der Waals surface area contributed by atoms with Crippen LogP contribution in [0.4, 0.5) is 5.69 Å². The van der Waals surface area contributed by atoms with Crippen LogP contribution in [-0.4, -0.2) is 40.4 Å². The van der Waals surface area contributed by atoms with E-state index in [0.717, 1.165) is 16.7 Å². The van der Waals surface area contributed by atoms with E-state index in [2.05, 4.69) is 5.32 Å². The normalized spacial score (nSPS) is 11.4. The van der Waals surface area contributed by atoms with E-state index in [1.807, 2.05) is 45.0 Å². The fourth-order valence-corrected chi connectivity index (χ4v) is 4.39. The molecular weight excluding hydrogens is 520 g/mol. The number of hydrogen-bond acceptors (Lipinski definition) is 6. The molecule has 206 valence electrons. The van der Waals surface area contributed by atoms with E-state index in [4.69, 9.17) is 21.1 Å². The number of ether oxygens (including phenoxy) is 2. The lowest BCUT2D eigenvalue weighted by Crippen LogP contribution is -2.37. The highest BCUT2D eigenvalue weighted by atomic mass is 35.5. The first-order chi connectivity index (χ1) is 18.5. The summed E-state index contributed by atoms with van der Waals surface area (Å²) in [5, 5.41) is 13.7. The molecule has 9 heteroatoms. The highest BCUT2D eigenvalue weighted by Gasteiger charge is 2.20. The van der Waals surface area contributed by atoms with E-state index in [0.29, 0.717) is 34.2 Å². The zero-order valence-corrected chi connectivity index (χ0v) is 23.5. The monoisotopic (exact) mass is 552 g/mol. The van der Waals surface area contributed by atoms with E-state index < -0.39 is 11.9 Å². The Kier molecular flexibility index (Phi) is 9.95. The third-order valence-electron chi connectivity index (χ3n) is 6.17. The van der Waals surface area contributed by atoms with Gasteiger partial charge in [0.05, 0.1) is 6.61 Å². The van der Waals surface area contributed by atoms with Gasteiger partial charge in [-0.2, -0.15) is 0 Å². The molecule has 3 rings (SSSR count). The lowest BCUT2D eigenvalue weighted by Gasteiger charge is -2.29. The minimum Gasteiger partial charge on any atom is -0.508 e. The van der Waals surface area contributed by atoms with Crippen LogP contribution in [0, 0.1) is 13.8 Å². The Hall–Kier alpha value is -4.04. The molecule has 0 radical (unpaired) electrons. The maximum atomic E-state index is 12.5. The molecule has 3 aromatic rings. The Morgan fingerprint density at radius 2 is 1.67 bits per heavy atom. The fraction of sp³-hybridized carbons (Fsp3) is 0.300. The second kappa shape index (κ2) is 13.2. The number of nitrogens with zero attached hydrogens (tertiary/aromatic N) is 1. The summed E-state index contributed by atoms with van der Waals surface area (Å²) in [5.74, 6) is -0.821. The second-order valence-corrected chi connectivity index (χ2v) is 9.77. The number of aryl methyl sites for hydroxylation is 2.